The minimum atomic E-state index is -0.716. The molecule has 5 nitrogen and oxygen atoms in total. The third kappa shape index (κ3) is 1.56. The number of aromatic nitrogens is 2. The summed E-state index contributed by atoms with van der Waals surface area (Å²) >= 11 is 1.54. The molecule has 0 spiro atoms. The summed E-state index contributed by atoms with van der Waals surface area (Å²) in [6.45, 7) is 0. The van der Waals surface area contributed by atoms with Gasteiger partial charge in [-0.1, -0.05) is 0 Å². The van der Waals surface area contributed by atoms with Crippen molar-refractivity contribution in [3.63, 3.8) is 0 Å². The van der Waals surface area contributed by atoms with Crippen molar-refractivity contribution in [3.05, 3.63) is 16.8 Å². The van der Waals surface area contributed by atoms with Crippen LogP contribution in [0.5, 0.6) is 0 Å². The van der Waals surface area contributed by atoms with E-state index in [0.717, 1.165) is 27.1 Å². The lowest BCUT2D eigenvalue weighted by molar-refractivity contribution is -0.142. The van der Waals surface area contributed by atoms with Gasteiger partial charge in [0.15, 0.2) is 0 Å². The van der Waals surface area contributed by atoms with E-state index in [1.807, 2.05) is 0 Å². The predicted octanol–water partition coefficient (Wildman–Crippen LogP) is 1.46. The summed E-state index contributed by atoms with van der Waals surface area (Å²) in [6.07, 6.45) is 3.46. The standard InChI is InChI=1S/C11H11N3O2S/c12-9-8-6-2-1-5(11(15)16)3-7(6)17-10(8)14-4-13-9/h4-5H,1-3H2,(H,15,16)(H2,12,13,14). The normalized spacial score (nSPS) is 19.2. The molecule has 0 saturated heterocycles. The van der Waals surface area contributed by atoms with Gasteiger partial charge >= 0.3 is 5.97 Å². The van der Waals surface area contributed by atoms with Gasteiger partial charge in [0, 0.05) is 4.88 Å². The molecule has 6 heteroatoms. The van der Waals surface area contributed by atoms with E-state index in [9.17, 15) is 4.79 Å². The zero-order chi connectivity index (χ0) is 12.0. The maximum atomic E-state index is 11.0. The summed E-state index contributed by atoms with van der Waals surface area (Å²) in [5.74, 6) is -0.488. The molecule has 2 aromatic rings. The van der Waals surface area contributed by atoms with Crippen LogP contribution in [-0.4, -0.2) is 21.0 Å². The molecular weight excluding hydrogens is 238 g/mol. The summed E-state index contributed by atoms with van der Waals surface area (Å²) in [7, 11) is 0. The van der Waals surface area contributed by atoms with Gasteiger partial charge in [0.2, 0.25) is 0 Å². The second kappa shape index (κ2) is 3.66. The monoisotopic (exact) mass is 249 g/mol. The molecule has 2 heterocycles. The van der Waals surface area contributed by atoms with E-state index in [1.54, 1.807) is 11.3 Å². The second-order valence-corrected chi connectivity index (χ2v) is 5.30. The zero-order valence-electron chi connectivity index (χ0n) is 9.01. The Balaban J connectivity index is 2.14. The number of rotatable bonds is 1. The quantitative estimate of drug-likeness (QED) is 0.798. The molecule has 0 bridgehead atoms. The molecule has 0 radical (unpaired) electrons. The largest absolute Gasteiger partial charge is 0.481 e. The van der Waals surface area contributed by atoms with E-state index >= 15 is 0 Å². The van der Waals surface area contributed by atoms with Gasteiger partial charge in [-0.3, -0.25) is 4.79 Å². The number of hydrogen-bond donors (Lipinski definition) is 2. The molecule has 1 unspecified atom stereocenters. The second-order valence-electron chi connectivity index (χ2n) is 4.22. The number of nitrogens with zero attached hydrogens (tertiary/aromatic N) is 2. The maximum absolute atomic E-state index is 11.0. The number of aryl methyl sites for hydroxylation is 1. The number of carbonyl (C=O) groups is 1. The first kappa shape index (κ1) is 10.5. The highest BCUT2D eigenvalue weighted by molar-refractivity contribution is 7.19. The number of aliphatic carboxylic acids is 1. The molecule has 17 heavy (non-hydrogen) atoms. The third-order valence-electron chi connectivity index (χ3n) is 3.22. The van der Waals surface area contributed by atoms with Crippen molar-refractivity contribution in [1.82, 2.24) is 9.97 Å². The smallest absolute Gasteiger partial charge is 0.306 e. The molecule has 3 N–H and O–H groups in total. The van der Waals surface area contributed by atoms with Gasteiger partial charge in [0.05, 0.1) is 11.3 Å². The van der Waals surface area contributed by atoms with Gasteiger partial charge in [-0.2, -0.15) is 0 Å². The molecule has 0 fully saturated rings. The molecular formula is C11H11N3O2S. The predicted molar refractivity (Wildman–Crippen MR) is 65.0 cm³/mol. The lowest BCUT2D eigenvalue weighted by Crippen LogP contribution is -2.21. The lowest BCUT2D eigenvalue weighted by Gasteiger charge is -2.18. The number of nitrogens with two attached hydrogens (primary N) is 1. The summed E-state index contributed by atoms with van der Waals surface area (Å²) in [4.78, 5) is 21.2. The van der Waals surface area contributed by atoms with E-state index in [-0.39, 0.29) is 5.92 Å². The van der Waals surface area contributed by atoms with Crippen LogP contribution >= 0.6 is 11.3 Å². The van der Waals surface area contributed by atoms with E-state index in [0.29, 0.717) is 18.7 Å². The Hall–Kier alpha value is -1.69. The highest BCUT2D eigenvalue weighted by Crippen LogP contribution is 2.38. The number of carboxylic acid groups (broad SMARTS) is 1. The molecule has 2 aromatic heterocycles. The van der Waals surface area contributed by atoms with Crippen LogP contribution in [-0.2, 0) is 17.6 Å². The fraction of sp³-hybridized carbons (Fsp3) is 0.364. The minimum absolute atomic E-state index is 0.273. The number of anilines is 1. The third-order valence-corrected chi connectivity index (χ3v) is 4.39. The van der Waals surface area contributed by atoms with Gasteiger partial charge < -0.3 is 10.8 Å². The van der Waals surface area contributed by atoms with Crippen molar-refractivity contribution in [3.8, 4) is 0 Å². The highest BCUT2D eigenvalue weighted by atomic mass is 32.1. The van der Waals surface area contributed by atoms with E-state index in [2.05, 4.69) is 9.97 Å². The molecule has 1 aliphatic carbocycles. The van der Waals surface area contributed by atoms with E-state index in [4.69, 9.17) is 10.8 Å². The number of carboxylic acids is 1. The molecule has 1 atom stereocenters. The first-order valence-electron chi connectivity index (χ1n) is 5.40. The maximum Gasteiger partial charge on any atom is 0.306 e. The zero-order valence-corrected chi connectivity index (χ0v) is 9.83. The van der Waals surface area contributed by atoms with Crippen LogP contribution < -0.4 is 5.73 Å². The van der Waals surface area contributed by atoms with Crippen LogP contribution in [0.3, 0.4) is 0 Å². The molecule has 0 saturated carbocycles. The fourth-order valence-electron chi connectivity index (χ4n) is 2.35. The van der Waals surface area contributed by atoms with Crippen LogP contribution in [0.25, 0.3) is 10.2 Å². The SMILES string of the molecule is Nc1ncnc2sc3c(c12)CCC(C(=O)O)C3. The average Bonchev–Trinajstić information content (AvgIpc) is 2.67. The molecule has 1 aliphatic rings. The Kier molecular flexibility index (Phi) is 2.25. The summed E-state index contributed by atoms with van der Waals surface area (Å²) in [5.41, 5.74) is 7.01. The Morgan fingerprint density at radius 2 is 2.35 bits per heavy atom. The topological polar surface area (TPSA) is 89.1 Å². The molecule has 0 aromatic carbocycles. The fourth-order valence-corrected chi connectivity index (χ4v) is 3.62. The van der Waals surface area contributed by atoms with Gasteiger partial charge in [-0.05, 0) is 24.8 Å². The average molecular weight is 249 g/mol. The Bertz CT molecular complexity index is 608. The first-order chi connectivity index (χ1) is 8.16. The Labute approximate surface area is 101 Å². The van der Waals surface area contributed by atoms with Gasteiger partial charge in [0.25, 0.3) is 0 Å². The van der Waals surface area contributed by atoms with Crippen molar-refractivity contribution >= 4 is 33.3 Å². The number of hydrogen-bond acceptors (Lipinski definition) is 5. The highest BCUT2D eigenvalue weighted by Gasteiger charge is 2.28. The molecule has 88 valence electrons. The first-order valence-corrected chi connectivity index (χ1v) is 6.22. The lowest BCUT2D eigenvalue weighted by atomic mass is 9.88. The molecule has 0 amide bonds. The van der Waals surface area contributed by atoms with Crippen LogP contribution in [0.15, 0.2) is 6.33 Å². The van der Waals surface area contributed by atoms with Gasteiger partial charge in [-0.25, -0.2) is 9.97 Å². The number of fused-ring (bicyclic) bond motifs is 3. The van der Waals surface area contributed by atoms with Crippen LogP contribution in [0.1, 0.15) is 16.9 Å². The van der Waals surface area contributed by atoms with E-state index < -0.39 is 5.97 Å². The summed E-state index contributed by atoms with van der Waals surface area (Å²) in [5, 5.41) is 9.97. The summed E-state index contributed by atoms with van der Waals surface area (Å²) in [6, 6.07) is 0. The Morgan fingerprint density at radius 1 is 1.53 bits per heavy atom. The van der Waals surface area contributed by atoms with E-state index in [1.165, 1.54) is 6.33 Å². The number of thiophene rings is 1. The summed E-state index contributed by atoms with van der Waals surface area (Å²) < 4.78 is 0. The van der Waals surface area contributed by atoms with Crippen molar-refractivity contribution in [2.75, 3.05) is 5.73 Å². The molecule has 0 aliphatic heterocycles. The van der Waals surface area contributed by atoms with Gasteiger partial charge in [-0.15, -0.1) is 11.3 Å². The van der Waals surface area contributed by atoms with Crippen molar-refractivity contribution < 1.29 is 9.90 Å². The van der Waals surface area contributed by atoms with Crippen molar-refractivity contribution in [2.45, 2.75) is 19.3 Å². The Morgan fingerprint density at radius 3 is 3.12 bits per heavy atom. The minimum Gasteiger partial charge on any atom is -0.481 e. The van der Waals surface area contributed by atoms with Crippen LogP contribution in [0.2, 0.25) is 0 Å². The van der Waals surface area contributed by atoms with Crippen LogP contribution in [0, 0.1) is 5.92 Å². The number of nitrogen functional groups attached to an aromatic ring is 1. The van der Waals surface area contributed by atoms with Gasteiger partial charge in [0.1, 0.15) is 17.0 Å². The van der Waals surface area contributed by atoms with Crippen LogP contribution in [0.4, 0.5) is 5.82 Å². The van der Waals surface area contributed by atoms with Crippen molar-refractivity contribution in [1.29, 1.82) is 0 Å². The van der Waals surface area contributed by atoms with Crippen molar-refractivity contribution in [2.24, 2.45) is 5.92 Å². The molecule has 3 rings (SSSR count).